The largest absolute Gasteiger partial charge is 0.332 e. The number of carbonyl (C=O) groups excluding carboxylic acids is 2. The van der Waals surface area contributed by atoms with E-state index in [0.29, 0.717) is 6.54 Å². The number of benzene rings is 1. The van der Waals surface area contributed by atoms with Gasteiger partial charge in [-0.1, -0.05) is 41.4 Å². The van der Waals surface area contributed by atoms with Gasteiger partial charge in [-0.25, -0.2) is 4.39 Å². The van der Waals surface area contributed by atoms with Crippen molar-refractivity contribution in [2.24, 2.45) is 0 Å². The lowest BCUT2D eigenvalue weighted by Gasteiger charge is -2.27. The average Bonchev–Trinajstić information content (AvgIpc) is 3.06. The molecule has 0 spiro atoms. The number of rotatable bonds is 9. The number of hydrogen-bond donors (Lipinski definition) is 0. The molecule has 0 radical (unpaired) electrons. The fourth-order valence-electron chi connectivity index (χ4n) is 2.57. The molecule has 1 aromatic carbocycles. The smallest absolute Gasteiger partial charge is 0.256 e. The number of alkyl halides is 2. The first-order valence-corrected chi connectivity index (χ1v) is 10.3. The van der Waals surface area contributed by atoms with Crippen LogP contribution < -0.4 is 0 Å². The molecule has 0 saturated heterocycles. The second kappa shape index (κ2) is 10.6. The third kappa shape index (κ3) is 6.33. The van der Waals surface area contributed by atoms with Gasteiger partial charge in [0, 0.05) is 18.0 Å². The summed E-state index contributed by atoms with van der Waals surface area (Å²) in [6.45, 7) is 6.24. The van der Waals surface area contributed by atoms with Crippen molar-refractivity contribution in [3.63, 3.8) is 0 Å². The Bertz CT molecular complexity index is 824. The molecule has 28 heavy (non-hydrogen) atoms. The number of halogens is 3. The van der Waals surface area contributed by atoms with E-state index in [1.165, 1.54) is 23.1 Å². The molecule has 8 heteroatoms. The van der Waals surface area contributed by atoms with Crippen molar-refractivity contribution in [3.8, 4) is 0 Å². The van der Waals surface area contributed by atoms with Gasteiger partial charge in [-0.3, -0.25) is 9.59 Å². The Morgan fingerprint density at radius 3 is 2.39 bits per heavy atom. The Morgan fingerprint density at radius 2 is 1.86 bits per heavy atom. The number of hydrogen-bond acceptors (Lipinski definition) is 3. The molecular formula is C20H21Cl2FN2O2S. The third-order valence-electron chi connectivity index (χ3n) is 4.12. The van der Waals surface area contributed by atoms with Crippen molar-refractivity contribution in [2.45, 2.75) is 24.8 Å². The fraction of sp³-hybridized carbons (Fsp3) is 0.300. The minimum atomic E-state index is -1.25. The molecule has 2 rings (SSSR count). The van der Waals surface area contributed by atoms with Gasteiger partial charge in [0.2, 0.25) is 5.91 Å². The van der Waals surface area contributed by atoms with Crippen LogP contribution in [0.3, 0.4) is 0 Å². The average molecular weight is 443 g/mol. The van der Waals surface area contributed by atoms with Crippen LogP contribution >= 0.6 is 34.5 Å². The monoisotopic (exact) mass is 442 g/mol. The molecule has 0 fully saturated rings. The van der Waals surface area contributed by atoms with E-state index < -0.39 is 10.7 Å². The Morgan fingerprint density at radius 1 is 1.18 bits per heavy atom. The summed E-state index contributed by atoms with van der Waals surface area (Å²) < 4.78 is 13.2. The fourth-order valence-corrected chi connectivity index (χ4v) is 3.77. The minimum Gasteiger partial charge on any atom is -0.332 e. The standard InChI is InChI=1S/C20H21Cl2FN2O2S/c1-3-9-24(20(27)19(21)22)13-18(26)25(12-17-14(2)8-10-28-17)11-15-4-6-16(23)7-5-15/h3-8,10,19H,1,9,11-13H2,2H3. The van der Waals surface area contributed by atoms with E-state index in [2.05, 4.69) is 6.58 Å². The molecule has 1 heterocycles. The van der Waals surface area contributed by atoms with Crippen molar-refractivity contribution in [1.29, 1.82) is 0 Å². The van der Waals surface area contributed by atoms with E-state index in [1.807, 2.05) is 18.4 Å². The van der Waals surface area contributed by atoms with Gasteiger partial charge >= 0.3 is 0 Å². The predicted molar refractivity (Wildman–Crippen MR) is 112 cm³/mol. The molecule has 150 valence electrons. The van der Waals surface area contributed by atoms with Crippen LogP contribution in [-0.2, 0) is 22.7 Å². The zero-order valence-corrected chi connectivity index (χ0v) is 17.7. The number of aryl methyl sites for hydroxylation is 1. The van der Waals surface area contributed by atoms with Crippen LogP contribution in [0.5, 0.6) is 0 Å². The van der Waals surface area contributed by atoms with Crippen LogP contribution in [0.4, 0.5) is 4.39 Å². The predicted octanol–water partition coefficient (Wildman–Crippen LogP) is 4.54. The molecule has 0 atom stereocenters. The van der Waals surface area contributed by atoms with E-state index >= 15 is 0 Å². The Kier molecular flexibility index (Phi) is 8.48. The molecule has 2 aromatic rings. The molecule has 0 bridgehead atoms. The van der Waals surface area contributed by atoms with E-state index in [0.717, 1.165) is 16.0 Å². The number of thiophene rings is 1. The first kappa shape index (κ1) is 22.4. The van der Waals surface area contributed by atoms with Crippen LogP contribution in [0.25, 0.3) is 0 Å². The van der Waals surface area contributed by atoms with Crippen molar-refractivity contribution in [1.82, 2.24) is 9.80 Å². The molecule has 0 aliphatic heterocycles. The summed E-state index contributed by atoms with van der Waals surface area (Å²) in [7, 11) is 0. The molecular weight excluding hydrogens is 422 g/mol. The SMILES string of the molecule is C=CCN(CC(=O)N(Cc1ccc(F)cc1)Cc1sccc1C)C(=O)C(Cl)Cl. The van der Waals surface area contributed by atoms with E-state index in [4.69, 9.17) is 23.2 Å². The van der Waals surface area contributed by atoms with Crippen LogP contribution in [0.1, 0.15) is 16.0 Å². The maximum atomic E-state index is 13.2. The summed E-state index contributed by atoms with van der Waals surface area (Å²) in [5.41, 5.74) is 1.88. The maximum absolute atomic E-state index is 13.2. The molecule has 1 aromatic heterocycles. The first-order valence-electron chi connectivity index (χ1n) is 8.54. The normalized spacial score (nSPS) is 10.8. The zero-order valence-electron chi connectivity index (χ0n) is 15.4. The highest BCUT2D eigenvalue weighted by molar-refractivity contribution is 7.10. The second-order valence-electron chi connectivity index (χ2n) is 6.21. The van der Waals surface area contributed by atoms with Crippen molar-refractivity contribution >= 4 is 46.4 Å². The van der Waals surface area contributed by atoms with E-state index in [9.17, 15) is 14.0 Å². The number of amides is 2. The number of carbonyl (C=O) groups is 2. The van der Waals surface area contributed by atoms with Crippen LogP contribution in [0, 0.1) is 12.7 Å². The van der Waals surface area contributed by atoms with E-state index in [1.54, 1.807) is 28.4 Å². The molecule has 0 unspecified atom stereocenters. The lowest BCUT2D eigenvalue weighted by Crippen LogP contribution is -2.44. The van der Waals surface area contributed by atoms with Crippen molar-refractivity contribution < 1.29 is 14.0 Å². The maximum Gasteiger partial charge on any atom is 0.256 e. The second-order valence-corrected chi connectivity index (χ2v) is 8.31. The van der Waals surface area contributed by atoms with Gasteiger partial charge in [-0.15, -0.1) is 17.9 Å². The summed E-state index contributed by atoms with van der Waals surface area (Å²) in [4.78, 5) is 27.9. The van der Waals surface area contributed by atoms with Crippen molar-refractivity contribution in [2.75, 3.05) is 13.1 Å². The Balaban J connectivity index is 2.21. The van der Waals surface area contributed by atoms with Gasteiger partial charge in [0.25, 0.3) is 5.91 Å². The zero-order chi connectivity index (χ0) is 20.7. The topological polar surface area (TPSA) is 40.6 Å². The van der Waals surface area contributed by atoms with Gasteiger partial charge in [0.1, 0.15) is 12.4 Å². The Labute approximate surface area is 178 Å². The van der Waals surface area contributed by atoms with Crippen molar-refractivity contribution in [3.05, 3.63) is 70.2 Å². The third-order valence-corrected chi connectivity index (χ3v) is 5.50. The van der Waals surface area contributed by atoms with Gasteiger partial charge < -0.3 is 9.80 Å². The summed E-state index contributed by atoms with van der Waals surface area (Å²) in [6.07, 6.45) is 1.51. The van der Waals surface area contributed by atoms with E-state index in [-0.39, 0.29) is 31.4 Å². The summed E-state index contributed by atoms with van der Waals surface area (Å²) in [5.74, 6) is -1.15. The molecule has 0 N–H and O–H groups in total. The van der Waals surface area contributed by atoms with Crippen LogP contribution in [0.15, 0.2) is 48.4 Å². The summed E-state index contributed by atoms with van der Waals surface area (Å²) >= 11 is 12.9. The van der Waals surface area contributed by atoms with Gasteiger partial charge in [0.15, 0.2) is 4.84 Å². The van der Waals surface area contributed by atoms with Crippen LogP contribution in [0.2, 0.25) is 0 Å². The quantitative estimate of drug-likeness (QED) is 0.422. The molecule has 4 nitrogen and oxygen atoms in total. The van der Waals surface area contributed by atoms with Crippen LogP contribution in [-0.4, -0.2) is 39.5 Å². The van der Waals surface area contributed by atoms with Gasteiger partial charge in [-0.05, 0) is 41.6 Å². The molecule has 0 aliphatic rings. The minimum absolute atomic E-state index is 0.156. The van der Waals surface area contributed by atoms with Gasteiger partial charge in [-0.2, -0.15) is 0 Å². The first-order chi connectivity index (χ1) is 13.3. The molecule has 2 amide bonds. The Hall–Kier alpha value is -1.89. The number of nitrogens with zero attached hydrogens (tertiary/aromatic N) is 2. The highest BCUT2D eigenvalue weighted by Crippen LogP contribution is 2.20. The highest BCUT2D eigenvalue weighted by Gasteiger charge is 2.25. The van der Waals surface area contributed by atoms with Gasteiger partial charge in [0.05, 0.1) is 6.54 Å². The molecule has 0 aliphatic carbocycles. The summed E-state index contributed by atoms with van der Waals surface area (Å²) in [5, 5.41) is 1.96. The molecule has 0 saturated carbocycles. The highest BCUT2D eigenvalue weighted by atomic mass is 35.5. The summed E-state index contributed by atoms with van der Waals surface area (Å²) in [6, 6.07) is 7.97. The lowest BCUT2D eigenvalue weighted by molar-refractivity contribution is -0.140. The lowest BCUT2D eigenvalue weighted by atomic mass is 10.2.